The summed E-state index contributed by atoms with van der Waals surface area (Å²) in [6.07, 6.45) is 4.93. The lowest BCUT2D eigenvalue weighted by Gasteiger charge is -2.09. The maximum atomic E-state index is 11.3. The number of carbonyl (C=O) groups is 2. The van der Waals surface area contributed by atoms with Crippen molar-refractivity contribution < 1.29 is 19.1 Å². The van der Waals surface area contributed by atoms with Gasteiger partial charge in [-0.3, -0.25) is 4.79 Å². The molecule has 0 amide bonds. The fraction of sp³-hybridized carbons (Fsp3) is 0.562. The average Bonchev–Trinajstić information content (AvgIpc) is 2.53. The Kier molecular flexibility index (Phi) is 10.6. The molecule has 1 atom stereocenters. The van der Waals surface area contributed by atoms with Crippen LogP contribution in [-0.4, -0.2) is 29.0 Å². The molecular formula is C16H23NO4S2. The molecule has 1 unspecified atom stereocenters. The predicted octanol–water partition coefficient (Wildman–Crippen LogP) is 4.86. The van der Waals surface area contributed by atoms with Gasteiger partial charge in [-0.2, -0.15) is 0 Å². The highest BCUT2D eigenvalue weighted by atomic mass is 33.1. The molecule has 1 heterocycles. The second kappa shape index (κ2) is 12.2. The highest BCUT2D eigenvalue weighted by Crippen LogP contribution is 2.34. The number of unbranched alkanes of at least 4 members (excludes halogenated alkanes) is 2. The third-order valence-electron chi connectivity index (χ3n) is 2.89. The highest BCUT2D eigenvalue weighted by molar-refractivity contribution is 8.76. The topological polar surface area (TPSA) is 65.5 Å². The third-order valence-corrected chi connectivity index (χ3v) is 5.75. The number of aromatic nitrogens is 1. The summed E-state index contributed by atoms with van der Waals surface area (Å²) in [4.78, 5) is 26.6. The number of esters is 1. The third kappa shape index (κ3) is 10.2. The molecule has 0 saturated carbocycles. The molecule has 0 spiro atoms. The quantitative estimate of drug-likeness (QED) is 0.256. The molecule has 0 N–H and O–H groups in total. The molecular weight excluding hydrogens is 334 g/mol. The summed E-state index contributed by atoms with van der Waals surface area (Å²) in [5.41, 5.74) is 0. The molecule has 0 aliphatic heterocycles. The van der Waals surface area contributed by atoms with Crippen LogP contribution >= 0.6 is 21.6 Å². The minimum absolute atomic E-state index is 0.207. The molecule has 5 nitrogen and oxygen atoms in total. The Labute approximate surface area is 145 Å². The van der Waals surface area contributed by atoms with Gasteiger partial charge in [0, 0.05) is 17.9 Å². The maximum Gasteiger partial charge on any atom is 0.516 e. The van der Waals surface area contributed by atoms with E-state index in [2.05, 4.69) is 21.4 Å². The van der Waals surface area contributed by atoms with Crippen LogP contribution in [0.4, 0.5) is 4.79 Å². The first-order chi connectivity index (χ1) is 11.1. The van der Waals surface area contributed by atoms with Crippen molar-refractivity contribution in [3.63, 3.8) is 0 Å². The van der Waals surface area contributed by atoms with Gasteiger partial charge in [-0.25, -0.2) is 9.78 Å². The number of rotatable bonds is 10. The number of hydrogen-bond donors (Lipinski definition) is 0. The molecule has 23 heavy (non-hydrogen) atoms. The number of nitrogens with zero attached hydrogens (tertiary/aromatic N) is 1. The molecule has 0 aliphatic rings. The Morgan fingerprint density at radius 1 is 1.26 bits per heavy atom. The van der Waals surface area contributed by atoms with Crippen molar-refractivity contribution in [1.29, 1.82) is 0 Å². The lowest BCUT2D eigenvalue weighted by molar-refractivity contribution is -0.139. The van der Waals surface area contributed by atoms with E-state index in [4.69, 9.17) is 0 Å². The van der Waals surface area contributed by atoms with Crippen molar-refractivity contribution in [2.45, 2.75) is 56.2 Å². The van der Waals surface area contributed by atoms with Gasteiger partial charge in [0.15, 0.2) is 0 Å². The summed E-state index contributed by atoms with van der Waals surface area (Å²) in [5.74, 6) is -0.517. The minimum Gasteiger partial charge on any atom is -0.434 e. The fourth-order valence-corrected chi connectivity index (χ4v) is 3.88. The van der Waals surface area contributed by atoms with Crippen LogP contribution in [0.15, 0.2) is 29.4 Å². The summed E-state index contributed by atoms with van der Waals surface area (Å²) >= 11 is 0. The molecule has 0 aromatic carbocycles. The zero-order valence-corrected chi connectivity index (χ0v) is 15.2. The van der Waals surface area contributed by atoms with Gasteiger partial charge in [0.1, 0.15) is 5.03 Å². The zero-order chi connectivity index (χ0) is 16.9. The van der Waals surface area contributed by atoms with Gasteiger partial charge in [-0.15, -0.1) is 0 Å². The first kappa shape index (κ1) is 19.8. The van der Waals surface area contributed by atoms with E-state index in [-0.39, 0.29) is 13.0 Å². The largest absolute Gasteiger partial charge is 0.516 e. The molecule has 0 radical (unpaired) electrons. The number of pyridine rings is 1. The Balaban J connectivity index is 2.01. The molecule has 0 saturated heterocycles. The summed E-state index contributed by atoms with van der Waals surface area (Å²) in [5, 5.41) is 1.54. The minimum atomic E-state index is -0.908. The normalized spacial score (nSPS) is 11.7. The van der Waals surface area contributed by atoms with Crippen molar-refractivity contribution in [3.05, 3.63) is 24.4 Å². The van der Waals surface area contributed by atoms with E-state index < -0.39 is 12.1 Å². The van der Waals surface area contributed by atoms with Crippen molar-refractivity contribution in [2.24, 2.45) is 0 Å². The Bertz CT molecular complexity index is 470. The van der Waals surface area contributed by atoms with Gasteiger partial charge in [0.2, 0.25) is 0 Å². The number of ether oxygens (including phenoxy) is 2. The molecule has 0 aliphatic carbocycles. The zero-order valence-electron chi connectivity index (χ0n) is 13.5. The average molecular weight is 357 g/mol. The number of carbonyl (C=O) groups excluding carboxylic acids is 2. The van der Waals surface area contributed by atoms with Gasteiger partial charge in [-0.1, -0.05) is 36.6 Å². The van der Waals surface area contributed by atoms with Crippen LogP contribution in [-0.2, 0) is 14.3 Å². The molecule has 1 aromatic heterocycles. The van der Waals surface area contributed by atoms with Crippen LogP contribution < -0.4 is 0 Å². The van der Waals surface area contributed by atoms with Crippen molar-refractivity contribution in [3.8, 4) is 0 Å². The van der Waals surface area contributed by atoms with E-state index in [0.717, 1.165) is 30.7 Å². The molecule has 1 aromatic rings. The van der Waals surface area contributed by atoms with Gasteiger partial charge >= 0.3 is 12.1 Å². The standard InChI is InChI=1S/C16H23NO4S2/c1-3-20-16(19)21-15(18)11-6-4-5-9-13(2)22-23-14-10-7-8-12-17-14/h7-8,10,12-13H,3-6,9,11H2,1-2H3. The van der Waals surface area contributed by atoms with Crippen molar-refractivity contribution in [1.82, 2.24) is 4.98 Å². The van der Waals surface area contributed by atoms with Gasteiger partial charge in [0.25, 0.3) is 0 Å². The molecule has 1 rings (SSSR count). The summed E-state index contributed by atoms with van der Waals surface area (Å²) in [7, 11) is 3.50. The van der Waals surface area contributed by atoms with Crippen LogP contribution in [0.3, 0.4) is 0 Å². The smallest absolute Gasteiger partial charge is 0.434 e. The van der Waals surface area contributed by atoms with E-state index in [0.29, 0.717) is 5.25 Å². The SMILES string of the molecule is CCOC(=O)OC(=O)CCCCCC(C)SSc1ccccn1. The van der Waals surface area contributed by atoms with Crippen LogP contribution in [0.2, 0.25) is 0 Å². The fourth-order valence-electron chi connectivity index (χ4n) is 1.75. The molecule has 7 heteroatoms. The first-order valence-corrected chi connectivity index (χ1v) is 9.95. The summed E-state index contributed by atoms with van der Waals surface area (Å²) in [6, 6.07) is 5.89. The number of hydrogen-bond acceptors (Lipinski definition) is 7. The van der Waals surface area contributed by atoms with Gasteiger partial charge in [-0.05, 0) is 42.7 Å². The summed E-state index contributed by atoms with van der Waals surface area (Å²) < 4.78 is 9.03. The second-order valence-electron chi connectivity index (χ2n) is 4.91. The van der Waals surface area contributed by atoms with E-state index in [1.165, 1.54) is 0 Å². The Hall–Kier alpha value is -1.21. The maximum absolute atomic E-state index is 11.3. The highest BCUT2D eigenvalue weighted by Gasteiger charge is 2.11. The summed E-state index contributed by atoms with van der Waals surface area (Å²) in [6.45, 7) is 4.06. The van der Waals surface area contributed by atoms with E-state index in [1.54, 1.807) is 23.9 Å². The Morgan fingerprint density at radius 2 is 2.09 bits per heavy atom. The predicted molar refractivity (Wildman–Crippen MR) is 93.3 cm³/mol. The van der Waals surface area contributed by atoms with Crippen LogP contribution in [0, 0.1) is 0 Å². The Morgan fingerprint density at radius 3 is 2.78 bits per heavy atom. The van der Waals surface area contributed by atoms with E-state index >= 15 is 0 Å². The van der Waals surface area contributed by atoms with Crippen LogP contribution in [0.1, 0.15) is 46.0 Å². The molecule has 0 fully saturated rings. The first-order valence-electron chi connectivity index (χ1n) is 7.73. The van der Waals surface area contributed by atoms with Crippen LogP contribution in [0.5, 0.6) is 0 Å². The van der Waals surface area contributed by atoms with E-state index in [1.807, 2.05) is 29.0 Å². The second-order valence-corrected chi connectivity index (χ2v) is 7.57. The molecule has 128 valence electrons. The molecule has 0 bridgehead atoms. The lowest BCUT2D eigenvalue weighted by atomic mass is 10.1. The van der Waals surface area contributed by atoms with Crippen molar-refractivity contribution >= 4 is 33.7 Å². The van der Waals surface area contributed by atoms with Crippen molar-refractivity contribution in [2.75, 3.05) is 6.61 Å². The lowest BCUT2D eigenvalue weighted by Crippen LogP contribution is -2.13. The van der Waals surface area contributed by atoms with Gasteiger partial charge in [0.05, 0.1) is 6.61 Å². The monoisotopic (exact) mass is 357 g/mol. The van der Waals surface area contributed by atoms with Crippen LogP contribution in [0.25, 0.3) is 0 Å². The van der Waals surface area contributed by atoms with E-state index in [9.17, 15) is 9.59 Å². The van der Waals surface area contributed by atoms with Gasteiger partial charge < -0.3 is 9.47 Å².